The molecule has 0 amide bonds. The number of aryl methyl sites for hydroxylation is 1. The Morgan fingerprint density at radius 2 is 2.15 bits per heavy atom. The number of hydrogen-bond acceptors (Lipinski definition) is 5. The van der Waals surface area contributed by atoms with E-state index in [1.807, 2.05) is 6.92 Å². The van der Waals surface area contributed by atoms with Gasteiger partial charge in [0.25, 0.3) is 0 Å². The minimum Gasteiger partial charge on any atom is -0.481 e. The zero-order valence-corrected chi connectivity index (χ0v) is 11.4. The number of methoxy groups -OCH3 is 1. The van der Waals surface area contributed by atoms with E-state index in [-0.39, 0.29) is 6.61 Å². The molecule has 104 valence electrons. The first kappa shape index (κ1) is 13.9. The van der Waals surface area contributed by atoms with E-state index in [0.29, 0.717) is 22.7 Å². The van der Waals surface area contributed by atoms with Crippen molar-refractivity contribution in [3.8, 4) is 5.88 Å². The predicted octanol–water partition coefficient (Wildman–Crippen LogP) is 2.34. The molecule has 0 aliphatic rings. The number of benzene rings is 1. The van der Waals surface area contributed by atoms with Gasteiger partial charge in [-0.3, -0.25) is 0 Å². The Labute approximate surface area is 117 Å². The molecule has 0 aliphatic heterocycles. The molecule has 1 aromatic carbocycles. The smallest absolute Gasteiger partial charge is 0.338 e. The summed E-state index contributed by atoms with van der Waals surface area (Å²) in [7, 11) is 1.52. The molecule has 5 nitrogen and oxygen atoms in total. The van der Waals surface area contributed by atoms with Gasteiger partial charge in [-0.1, -0.05) is 6.07 Å². The molecule has 0 saturated heterocycles. The van der Waals surface area contributed by atoms with Gasteiger partial charge >= 0.3 is 5.97 Å². The van der Waals surface area contributed by atoms with Crippen LogP contribution in [0, 0.1) is 6.92 Å². The lowest BCUT2D eigenvalue weighted by Gasteiger charge is -2.09. The van der Waals surface area contributed by atoms with Crippen LogP contribution in [0.1, 0.15) is 21.5 Å². The van der Waals surface area contributed by atoms with Crippen LogP contribution in [0.5, 0.6) is 5.88 Å². The second-order valence-corrected chi connectivity index (χ2v) is 4.32. The number of carbonyl (C=O) groups excluding carboxylic acids is 1. The Kier molecular flexibility index (Phi) is 4.20. The summed E-state index contributed by atoms with van der Waals surface area (Å²) in [6.45, 7) is 1.98. The maximum Gasteiger partial charge on any atom is 0.338 e. The van der Waals surface area contributed by atoms with Crippen molar-refractivity contribution < 1.29 is 14.3 Å². The van der Waals surface area contributed by atoms with Gasteiger partial charge in [0, 0.05) is 11.9 Å². The van der Waals surface area contributed by atoms with E-state index in [2.05, 4.69) is 4.98 Å². The van der Waals surface area contributed by atoms with Crippen molar-refractivity contribution in [2.75, 3.05) is 12.8 Å². The lowest BCUT2D eigenvalue weighted by Crippen LogP contribution is -2.07. The Hall–Kier alpha value is -2.56. The average Bonchev–Trinajstić information content (AvgIpc) is 2.47. The largest absolute Gasteiger partial charge is 0.481 e. The lowest BCUT2D eigenvalue weighted by atomic mass is 10.1. The number of anilines is 1. The number of nitrogens with zero attached hydrogens (tertiary/aromatic N) is 1. The van der Waals surface area contributed by atoms with Gasteiger partial charge in [-0.25, -0.2) is 9.78 Å². The minimum atomic E-state index is -0.428. The molecular formula is C15H16N2O3. The zero-order valence-electron chi connectivity index (χ0n) is 11.4. The van der Waals surface area contributed by atoms with Crippen LogP contribution in [0.25, 0.3) is 0 Å². The van der Waals surface area contributed by atoms with Crippen LogP contribution in [0.15, 0.2) is 36.5 Å². The number of rotatable bonds is 4. The van der Waals surface area contributed by atoms with E-state index >= 15 is 0 Å². The Morgan fingerprint density at radius 3 is 2.85 bits per heavy atom. The third-order valence-corrected chi connectivity index (χ3v) is 2.92. The standard InChI is InChI=1S/C15H16N2O3/c1-10-5-6-11(8-13(10)16)15(18)20-9-12-4-3-7-17-14(12)19-2/h3-8H,9,16H2,1-2H3. The maximum absolute atomic E-state index is 11.9. The summed E-state index contributed by atoms with van der Waals surface area (Å²) in [6.07, 6.45) is 1.62. The van der Waals surface area contributed by atoms with E-state index in [4.69, 9.17) is 15.2 Å². The molecule has 2 rings (SSSR count). The van der Waals surface area contributed by atoms with Crippen LogP contribution >= 0.6 is 0 Å². The molecule has 0 radical (unpaired) electrons. The molecule has 0 spiro atoms. The molecule has 2 N–H and O–H groups in total. The zero-order chi connectivity index (χ0) is 14.5. The van der Waals surface area contributed by atoms with Gasteiger partial charge in [0.2, 0.25) is 5.88 Å². The first-order chi connectivity index (χ1) is 9.61. The second kappa shape index (κ2) is 6.06. The Bertz CT molecular complexity index is 626. The highest BCUT2D eigenvalue weighted by Crippen LogP contribution is 2.17. The second-order valence-electron chi connectivity index (χ2n) is 4.32. The molecule has 0 saturated carbocycles. The first-order valence-electron chi connectivity index (χ1n) is 6.13. The summed E-state index contributed by atoms with van der Waals surface area (Å²) in [6, 6.07) is 8.64. The van der Waals surface area contributed by atoms with Gasteiger partial charge in [0.1, 0.15) is 6.61 Å². The first-order valence-corrected chi connectivity index (χ1v) is 6.13. The number of ether oxygens (including phenoxy) is 2. The van der Waals surface area contributed by atoms with Crippen molar-refractivity contribution in [2.24, 2.45) is 0 Å². The van der Waals surface area contributed by atoms with Crippen molar-refractivity contribution in [3.63, 3.8) is 0 Å². The average molecular weight is 272 g/mol. The molecule has 0 aliphatic carbocycles. The third-order valence-electron chi connectivity index (χ3n) is 2.92. The van der Waals surface area contributed by atoms with Crippen LogP contribution in [0.4, 0.5) is 5.69 Å². The highest BCUT2D eigenvalue weighted by Gasteiger charge is 2.11. The monoisotopic (exact) mass is 272 g/mol. The maximum atomic E-state index is 11.9. The third kappa shape index (κ3) is 3.06. The Morgan fingerprint density at radius 1 is 1.35 bits per heavy atom. The van der Waals surface area contributed by atoms with E-state index in [1.165, 1.54) is 7.11 Å². The fraction of sp³-hybridized carbons (Fsp3) is 0.200. The Balaban J connectivity index is 2.06. The molecule has 0 fully saturated rings. The number of aromatic nitrogens is 1. The number of hydrogen-bond donors (Lipinski definition) is 1. The number of nitrogens with two attached hydrogens (primary N) is 1. The molecule has 1 aromatic heterocycles. The number of pyridine rings is 1. The molecule has 20 heavy (non-hydrogen) atoms. The molecule has 1 heterocycles. The lowest BCUT2D eigenvalue weighted by molar-refractivity contribution is 0.0469. The molecule has 0 bridgehead atoms. The predicted molar refractivity (Wildman–Crippen MR) is 75.5 cm³/mol. The fourth-order valence-corrected chi connectivity index (χ4v) is 1.71. The normalized spacial score (nSPS) is 10.1. The van der Waals surface area contributed by atoms with Crippen LogP contribution in [0.2, 0.25) is 0 Å². The van der Waals surface area contributed by atoms with Gasteiger partial charge in [-0.15, -0.1) is 0 Å². The summed E-state index contributed by atoms with van der Waals surface area (Å²) in [4.78, 5) is 16.0. The summed E-state index contributed by atoms with van der Waals surface area (Å²) in [5.41, 5.74) is 8.41. The summed E-state index contributed by atoms with van der Waals surface area (Å²) >= 11 is 0. The van der Waals surface area contributed by atoms with Gasteiger partial charge in [-0.2, -0.15) is 0 Å². The van der Waals surface area contributed by atoms with Crippen LogP contribution in [0.3, 0.4) is 0 Å². The van der Waals surface area contributed by atoms with E-state index in [1.54, 1.807) is 36.5 Å². The van der Waals surface area contributed by atoms with E-state index in [0.717, 1.165) is 5.56 Å². The number of carbonyl (C=O) groups is 1. The van der Waals surface area contributed by atoms with Crippen molar-refractivity contribution in [1.82, 2.24) is 4.98 Å². The number of esters is 1. The molecule has 2 aromatic rings. The van der Waals surface area contributed by atoms with Crippen molar-refractivity contribution >= 4 is 11.7 Å². The highest BCUT2D eigenvalue weighted by molar-refractivity contribution is 5.90. The van der Waals surface area contributed by atoms with Crippen molar-refractivity contribution in [3.05, 3.63) is 53.2 Å². The van der Waals surface area contributed by atoms with Gasteiger partial charge < -0.3 is 15.2 Å². The van der Waals surface area contributed by atoms with E-state index in [9.17, 15) is 4.79 Å². The van der Waals surface area contributed by atoms with Crippen LogP contribution < -0.4 is 10.5 Å². The topological polar surface area (TPSA) is 74.4 Å². The molecule has 0 atom stereocenters. The van der Waals surface area contributed by atoms with E-state index < -0.39 is 5.97 Å². The minimum absolute atomic E-state index is 0.101. The molecule has 0 unspecified atom stereocenters. The summed E-state index contributed by atoms with van der Waals surface area (Å²) in [5.74, 6) is 0.0197. The number of nitrogen functional groups attached to an aromatic ring is 1. The SMILES string of the molecule is COc1ncccc1COC(=O)c1ccc(C)c(N)c1. The van der Waals surface area contributed by atoms with Crippen molar-refractivity contribution in [2.45, 2.75) is 13.5 Å². The van der Waals surface area contributed by atoms with Crippen LogP contribution in [-0.4, -0.2) is 18.1 Å². The summed E-state index contributed by atoms with van der Waals surface area (Å²) < 4.78 is 10.3. The molecule has 5 heteroatoms. The summed E-state index contributed by atoms with van der Waals surface area (Å²) in [5, 5.41) is 0. The molecular weight excluding hydrogens is 256 g/mol. The van der Waals surface area contributed by atoms with Gasteiger partial charge in [0.15, 0.2) is 0 Å². The quantitative estimate of drug-likeness (QED) is 0.683. The van der Waals surface area contributed by atoms with Gasteiger partial charge in [0.05, 0.1) is 18.2 Å². The fourth-order valence-electron chi connectivity index (χ4n) is 1.71. The highest BCUT2D eigenvalue weighted by atomic mass is 16.5. The van der Waals surface area contributed by atoms with Crippen LogP contribution in [-0.2, 0) is 11.3 Å². The van der Waals surface area contributed by atoms with Crippen molar-refractivity contribution in [1.29, 1.82) is 0 Å². The van der Waals surface area contributed by atoms with Gasteiger partial charge in [-0.05, 0) is 36.8 Å².